The molecule has 0 bridgehead atoms. The molecule has 3 aliphatic carbocycles. The minimum absolute atomic E-state index is 0.273. The first-order valence-electron chi connectivity index (χ1n) is 15.7. The molecule has 6 aromatic rings. The van der Waals surface area contributed by atoms with Crippen LogP contribution in [0.4, 0.5) is 0 Å². The van der Waals surface area contributed by atoms with E-state index in [1.54, 1.807) is 5.56 Å². The van der Waals surface area contributed by atoms with E-state index in [0.717, 1.165) is 17.6 Å². The first-order valence-corrected chi connectivity index (χ1v) is 15.7. The van der Waals surface area contributed by atoms with E-state index >= 15 is 0 Å². The highest BCUT2D eigenvalue weighted by atomic mass is 16.3. The lowest BCUT2D eigenvalue weighted by atomic mass is 9.72. The standard InChI is InChI=1S/C42H32O/c1-2-13-30-27(11-1)12-9-19-31(30)28-23-25-29(26-24-28)40-32-14-3-5-16-34(32)41(35-17-6-4-15-33(35)40)37-20-10-22-39-42(37)36-18-7-8-21-38(36)43-39/h3-10,12,14-16,18-26,35H,1-2,11,13,17H2. The molecule has 1 unspecified atom stereocenters. The van der Waals surface area contributed by atoms with Gasteiger partial charge in [-0.05, 0) is 105 Å². The average Bonchev–Trinajstić information content (AvgIpc) is 3.46. The third kappa shape index (κ3) is 3.85. The smallest absolute Gasteiger partial charge is 0.136 e. The van der Waals surface area contributed by atoms with Crippen LogP contribution in [0.15, 0.2) is 137 Å². The largest absolute Gasteiger partial charge is 0.456 e. The minimum Gasteiger partial charge on any atom is -0.456 e. The summed E-state index contributed by atoms with van der Waals surface area (Å²) in [5.41, 5.74) is 14.5. The Hall–Kier alpha value is -4.88. The second kappa shape index (κ2) is 9.85. The van der Waals surface area contributed by atoms with Crippen LogP contribution >= 0.6 is 0 Å². The van der Waals surface area contributed by atoms with Gasteiger partial charge in [0.2, 0.25) is 0 Å². The molecule has 43 heavy (non-hydrogen) atoms. The number of hydrogen-bond acceptors (Lipinski definition) is 1. The van der Waals surface area contributed by atoms with Crippen molar-refractivity contribution < 1.29 is 4.42 Å². The molecule has 0 aliphatic heterocycles. The molecule has 0 saturated carbocycles. The molecule has 206 valence electrons. The van der Waals surface area contributed by atoms with Gasteiger partial charge in [-0.15, -0.1) is 0 Å². The molecular formula is C42H32O. The Kier molecular flexibility index (Phi) is 5.66. The van der Waals surface area contributed by atoms with Crippen molar-refractivity contribution >= 4 is 33.1 Å². The topological polar surface area (TPSA) is 13.1 Å². The molecule has 1 aromatic heterocycles. The van der Waals surface area contributed by atoms with Gasteiger partial charge in [0.05, 0.1) is 0 Å². The van der Waals surface area contributed by atoms with Gasteiger partial charge in [0.1, 0.15) is 11.2 Å². The third-order valence-electron chi connectivity index (χ3n) is 9.86. The van der Waals surface area contributed by atoms with Crippen LogP contribution in [0.2, 0.25) is 0 Å². The van der Waals surface area contributed by atoms with Crippen molar-refractivity contribution in [3.8, 4) is 11.1 Å². The Morgan fingerprint density at radius 1 is 0.605 bits per heavy atom. The minimum atomic E-state index is 0.273. The quantitative estimate of drug-likeness (QED) is 0.213. The first-order chi connectivity index (χ1) is 21.3. The number of rotatable bonds is 3. The van der Waals surface area contributed by atoms with E-state index in [1.807, 2.05) is 0 Å². The second-order valence-electron chi connectivity index (χ2n) is 12.2. The van der Waals surface area contributed by atoms with Crippen LogP contribution in [0.5, 0.6) is 0 Å². The zero-order valence-corrected chi connectivity index (χ0v) is 24.1. The van der Waals surface area contributed by atoms with E-state index in [1.165, 1.54) is 91.4 Å². The third-order valence-corrected chi connectivity index (χ3v) is 9.86. The van der Waals surface area contributed by atoms with Crippen molar-refractivity contribution in [2.24, 2.45) is 5.92 Å². The average molecular weight is 553 g/mol. The molecule has 0 spiro atoms. The van der Waals surface area contributed by atoms with Crippen LogP contribution in [0.1, 0.15) is 41.5 Å². The highest BCUT2D eigenvalue weighted by molar-refractivity contribution is 6.11. The molecule has 0 fully saturated rings. The molecule has 3 aliphatic rings. The van der Waals surface area contributed by atoms with Crippen molar-refractivity contribution in [1.82, 2.24) is 0 Å². The van der Waals surface area contributed by atoms with Crippen LogP contribution in [0.3, 0.4) is 0 Å². The zero-order valence-electron chi connectivity index (χ0n) is 24.1. The van der Waals surface area contributed by atoms with Gasteiger partial charge in [0.25, 0.3) is 0 Å². The van der Waals surface area contributed by atoms with Crippen LogP contribution in [0.25, 0.3) is 44.2 Å². The summed E-state index contributed by atoms with van der Waals surface area (Å²) in [6, 6.07) is 40.3. The van der Waals surface area contributed by atoms with Gasteiger partial charge in [-0.2, -0.15) is 0 Å². The highest BCUT2D eigenvalue weighted by Gasteiger charge is 2.30. The Morgan fingerprint density at radius 3 is 2.28 bits per heavy atom. The van der Waals surface area contributed by atoms with E-state index < -0.39 is 0 Å². The number of aryl methyl sites for hydroxylation is 1. The van der Waals surface area contributed by atoms with Gasteiger partial charge in [-0.3, -0.25) is 0 Å². The fourth-order valence-electron chi connectivity index (χ4n) is 7.96. The Morgan fingerprint density at radius 2 is 1.35 bits per heavy atom. The van der Waals surface area contributed by atoms with E-state index in [4.69, 9.17) is 4.42 Å². The van der Waals surface area contributed by atoms with Crippen molar-refractivity contribution in [2.75, 3.05) is 0 Å². The normalized spacial score (nSPS) is 17.5. The predicted molar refractivity (Wildman–Crippen MR) is 178 cm³/mol. The Labute approximate surface area is 251 Å². The monoisotopic (exact) mass is 552 g/mol. The lowest BCUT2D eigenvalue weighted by Gasteiger charge is -2.31. The molecule has 0 N–H and O–H groups in total. The lowest BCUT2D eigenvalue weighted by Crippen LogP contribution is -2.37. The van der Waals surface area contributed by atoms with Crippen molar-refractivity contribution in [3.63, 3.8) is 0 Å². The summed E-state index contributed by atoms with van der Waals surface area (Å²) < 4.78 is 6.33. The van der Waals surface area contributed by atoms with E-state index in [0.29, 0.717) is 0 Å². The summed E-state index contributed by atoms with van der Waals surface area (Å²) in [6.45, 7) is 0. The summed E-state index contributed by atoms with van der Waals surface area (Å²) in [4.78, 5) is 0. The van der Waals surface area contributed by atoms with E-state index in [2.05, 4.69) is 127 Å². The maximum Gasteiger partial charge on any atom is 0.136 e. The molecular weight excluding hydrogens is 520 g/mol. The molecule has 0 amide bonds. The zero-order chi connectivity index (χ0) is 28.3. The van der Waals surface area contributed by atoms with Gasteiger partial charge in [0.15, 0.2) is 0 Å². The lowest BCUT2D eigenvalue weighted by molar-refractivity contribution is 0.669. The molecule has 0 radical (unpaired) electrons. The molecule has 1 heterocycles. The van der Waals surface area contributed by atoms with Crippen molar-refractivity contribution in [2.45, 2.75) is 32.1 Å². The van der Waals surface area contributed by atoms with Crippen molar-refractivity contribution in [3.05, 3.63) is 166 Å². The summed E-state index contributed by atoms with van der Waals surface area (Å²) in [7, 11) is 0. The SMILES string of the molecule is C1=CCC2C(=C1)C(c1ccc(-c3cccc4c3CCCC4)cc1)=c1ccccc1=C2c1cccc2oc3ccccc3c12. The molecule has 1 nitrogen and oxygen atoms in total. The van der Waals surface area contributed by atoms with Gasteiger partial charge in [0, 0.05) is 16.7 Å². The number of para-hydroxylation sites is 1. The maximum absolute atomic E-state index is 6.33. The van der Waals surface area contributed by atoms with E-state index in [-0.39, 0.29) is 5.92 Å². The van der Waals surface area contributed by atoms with E-state index in [9.17, 15) is 0 Å². The fourth-order valence-corrected chi connectivity index (χ4v) is 7.96. The number of hydrogen-bond donors (Lipinski definition) is 0. The van der Waals surface area contributed by atoms with Crippen LogP contribution in [-0.2, 0) is 12.8 Å². The van der Waals surface area contributed by atoms with Crippen LogP contribution in [-0.4, -0.2) is 0 Å². The van der Waals surface area contributed by atoms with Crippen molar-refractivity contribution in [1.29, 1.82) is 0 Å². The molecule has 1 atom stereocenters. The second-order valence-corrected chi connectivity index (χ2v) is 12.2. The molecule has 0 saturated heterocycles. The van der Waals surface area contributed by atoms with Gasteiger partial charge < -0.3 is 4.42 Å². The highest BCUT2D eigenvalue weighted by Crippen LogP contribution is 2.44. The number of allylic oxidation sites excluding steroid dienone is 4. The van der Waals surface area contributed by atoms with Crippen LogP contribution < -0.4 is 10.4 Å². The fraction of sp³-hybridized carbons (Fsp3) is 0.143. The maximum atomic E-state index is 6.33. The summed E-state index contributed by atoms with van der Waals surface area (Å²) in [6.07, 6.45) is 12.9. The van der Waals surface area contributed by atoms with Gasteiger partial charge >= 0.3 is 0 Å². The van der Waals surface area contributed by atoms with Gasteiger partial charge in [-0.25, -0.2) is 0 Å². The van der Waals surface area contributed by atoms with Crippen LogP contribution in [0, 0.1) is 5.92 Å². The summed E-state index contributed by atoms with van der Waals surface area (Å²) >= 11 is 0. The molecule has 1 heteroatoms. The molecule has 9 rings (SSSR count). The Bertz CT molecular complexity index is 2250. The summed E-state index contributed by atoms with van der Waals surface area (Å²) in [5.74, 6) is 0.273. The number of fused-ring (bicyclic) bond motifs is 6. The first kappa shape index (κ1) is 24.7. The summed E-state index contributed by atoms with van der Waals surface area (Å²) in [5, 5.41) is 5.04. The Balaban J connectivity index is 1.29. The number of furan rings is 1. The number of benzene rings is 5. The van der Waals surface area contributed by atoms with Gasteiger partial charge in [-0.1, -0.05) is 115 Å². The molecule has 5 aromatic carbocycles. The predicted octanol–water partition coefficient (Wildman–Crippen LogP) is 9.05.